The van der Waals surface area contributed by atoms with Gasteiger partial charge in [-0.3, -0.25) is 9.78 Å². The Bertz CT molecular complexity index is 603. The number of carbonyl (C=O) groups excluding carboxylic acids is 1. The summed E-state index contributed by atoms with van der Waals surface area (Å²) in [5.41, 5.74) is 1.95. The largest absolute Gasteiger partial charge is 0.321 e. The second-order valence-corrected chi connectivity index (χ2v) is 5.67. The molecular formula is C15H13FN2OS. The minimum Gasteiger partial charge on any atom is -0.321 e. The summed E-state index contributed by atoms with van der Waals surface area (Å²) in [4.78, 5) is 18.0. The Morgan fingerprint density at radius 2 is 2.10 bits per heavy atom. The van der Waals surface area contributed by atoms with E-state index in [9.17, 15) is 9.18 Å². The summed E-state index contributed by atoms with van der Waals surface area (Å²) in [7, 11) is 0. The van der Waals surface area contributed by atoms with Gasteiger partial charge in [-0.05, 0) is 23.8 Å². The molecule has 0 aliphatic carbocycles. The lowest BCUT2D eigenvalue weighted by molar-refractivity contribution is -0.128. The Labute approximate surface area is 120 Å². The highest BCUT2D eigenvalue weighted by Gasteiger charge is 2.32. The molecule has 3 nitrogen and oxygen atoms in total. The Kier molecular flexibility index (Phi) is 3.69. The van der Waals surface area contributed by atoms with Gasteiger partial charge >= 0.3 is 0 Å². The van der Waals surface area contributed by atoms with Gasteiger partial charge in [0.2, 0.25) is 5.91 Å². The molecule has 0 unspecified atom stereocenters. The summed E-state index contributed by atoms with van der Waals surface area (Å²) in [6, 6.07) is 10.1. The molecule has 0 saturated carbocycles. The average Bonchev–Trinajstić information content (AvgIpc) is 2.84. The topological polar surface area (TPSA) is 33.2 Å². The van der Waals surface area contributed by atoms with Crippen LogP contribution in [-0.4, -0.2) is 21.5 Å². The van der Waals surface area contributed by atoms with Gasteiger partial charge in [0.1, 0.15) is 11.2 Å². The smallest absolute Gasteiger partial charge is 0.234 e. The van der Waals surface area contributed by atoms with Crippen molar-refractivity contribution in [2.45, 2.75) is 11.9 Å². The zero-order valence-electron chi connectivity index (χ0n) is 10.7. The van der Waals surface area contributed by atoms with Gasteiger partial charge < -0.3 is 4.90 Å². The second-order valence-electron chi connectivity index (χ2n) is 4.60. The standard InChI is InChI=1S/C15H13FN2OS/c16-13-5-3-11(4-6-13)9-18-14(19)10-20-15(18)12-2-1-7-17-8-12/h1-8,15H,9-10H2/t15-/m0/s1. The number of hydrogen-bond donors (Lipinski definition) is 0. The van der Waals surface area contributed by atoms with Gasteiger partial charge in [-0.1, -0.05) is 18.2 Å². The molecule has 3 rings (SSSR count). The third-order valence-electron chi connectivity index (χ3n) is 3.20. The maximum Gasteiger partial charge on any atom is 0.234 e. The molecule has 1 aromatic carbocycles. The predicted octanol–water partition coefficient (Wildman–Crippen LogP) is 2.99. The minimum absolute atomic E-state index is 0.0127. The molecule has 1 fully saturated rings. The van der Waals surface area contributed by atoms with E-state index in [2.05, 4.69) is 4.98 Å². The molecule has 1 amide bonds. The summed E-state index contributed by atoms with van der Waals surface area (Å²) in [6.45, 7) is 0.492. The maximum absolute atomic E-state index is 12.9. The Morgan fingerprint density at radius 1 is 1.30 bits per heavy atom. The first-order valence-electron chi connectivity index (χ1n) is 6.29. The molecule has 1 aliphatic heterocycles. The highest BCUT2D eigenvalue weighted by atomic mass is 32.2. The van der Waals surface area contributed by atoms with Gasteiger partial charge in [-0.25, -0.2) is 4.39 Å². The lowest BCUT2D eigenvalue weighted by atomic mass is 10.2. The number of hydrogen-bond acceptors (Lipinski definition) is 3. The van der Waals surface area contributed by atoms with Crippen LogP contribution in [0.5, 0.6) is 0 Å². The molecule has 0 radical (unpaired) electrons. The van der Waals surface area contributed by atoms with Crippen molar-refractivity contribution < 1.29 is 9.18 Å². The Balaban J connectivity index is 1.82. The molecule has 0 N–H and O–H groups in total. The van der Waals surface area contributed by atoms with E-state index in [1.54, 1.807) is 36.3 Å². The van der Waals surface area contributed by atoms with E-state index in [0.29, 0.717) is 12.3 Å². The average molecular weight is 288 g/mol. The molecule has 0 bridgehead atoms. The maximum atomic E-state index is 12.9. The zero-order chi connectivity index (χ0) is 13.9. The molecule has 0 spiro atoms. The fourth-order valence-electron chi connectivity index (χ4n) is 2.21. The lowest BCUT2D eigenvalue weighted by Crippen LogP contribution is -2.27. The summed E-state index contributed by atoms with van der Waals surface area (Å²) < 4.78 is 12.9. The van der Waals surface area contributed by atoms with Gasteiger partial charge in [0.15, 0.2) is 0 Å². The van der Waals surface area contributed by atoms with Crippen molar-refractivity contribution in [3.63, 3.8) is 0 Å². The number of aromatic nitrogens is 1. The SMILES string of the molecule is O=C1CS[C@@H](c2cccnc2)N1Cc1ccc(F)cc1. The summed E-state index contributed by atoms with van der Waals surface area (Å²) in [6.07, 6.45) is 3.50. The number of halogens is 1. The number of nitrogens with zero attached hydrogens (tertiary/aromatic N) is 2. The van der Waals surface area contributed by atoms with Crippen LogP contribution in [-0.2, 0) is 11.3 Å². The number of rotatable bonds is 3. The Hall–Kier alpha value is -1.88. The van der Waals surface area contributed by atoms with Crippen molar-refractivity contribution in [2.24, 2.45) is 0 Å². The molecular weight excluding hydrogens is 275 g/mol. The first-order valence-corrected chi connectivity index (χ1v) is 7.34. The van der Waals surface area contributed by atoms with Crippen molar-refractivity contribution in [3.05, 3.63) is 65.7 Å². The highest BCUT2D eigenvalue weighted by Crippen LogP contribution is 2.39. The number of benzene rings is 1. The normalized spacial score (nSPS) is 18.6. The molecule has 2 heterocycles. The molecule has 1 aromatic heterocycles. The number of thioether (sulfide) groups is 1. The van der Waals surface area contributed by atoms with Crippen molar-refractivity contribution >= 4 is 17.7 Å². The monoisotopic (exact) mass is 288 g/mol. The van der Waals surface area contributed by atoms with Crippen molar-refractivity contribution in [3.8, 4) is 0 Å². The fourth-order valence-corrected chi connectivity index (χ4v) is 3.38. The minimum atomic E-state index is -0.264. The van der Waals surface area contributed by atoms with Crippen LogP contribution in [0.1, 0.15) is 16.5 Å². The van der Waals surface area contributed by atoms with Gasteiger partial charge in [0.05, 0.1) is 5.75 Å². The molecule has 20 heavy (non-hydrogen) atoms. The number of pyridine rings is 1. The Morgan fingerprint density at radius 3 is 2.80 bits per heavy atom. The summed E-state index contributed by atoms with van der Waals surface area (Å²) >= 11 is 1.60. The van der Waals surface area contributed by atoms with Crippen molar-refractivity contribution in [2.75, 3.05) is 5.75 Å². The number of amides is 1. The second kappa shape index (κ2) is 5.63. The zero-order valence-corrected chi connectivity index (χ0v) is 11.5. The molecule has 1 saturated heterocycles. The molecule has 5 heteroatoms. The van der Waals surface area contributed by atoms with Crippen LogP contribution in [0.3, 0.4) is 0 Å². The van der Waals surface area contributed by atoms with Crippen molar-refractivity contribution in [1.29, 1.82) is 0 Å². The quantitative estimate of drug-likeness (QED) is 0.870. The van der Waals surface area contributed by atoms with E-state index in [0.717, 1.165) is 11.1 Å². The first kappa shape index (κ1) is 13.1. The molecule has 2 aromatic rings. The van der Waals surface area contributed by atoms with Crippen LogP contribution in [0.4, 0.5) is 4.39 Å². The van der Waals surface area contributed by atoms with Gasteiger partial charge in [-0.2, -0.15) is 0 Å². The van der Waals surface area contributed by atoms with E-state index in [1.807, 2.05) is 17.0 Å². The van der Waals surface area contributed by atoms with Crippen LogP contribution in [0.2, 0.25) is 0 Å². The van der Waals surface area contributed by atoms with Crippen LogP contribution in [0, 0.1) is 5.82 Å². The van der Waals surface area contributed by atoms with E-state index < -0.39 is 0 Å². The lowest BCUT2D eigenvalue weighted by Gasteiger charge is -2.24. The van der Waals surface area contributed by atoms with Crippen LogP contribution >= 0.6 is 11.8 Å². The first-order chi connectivity index (χ1) is 9.74. The number of carbonyl (C=O) groups is 1. The predicted molar refractivity (Wildman–Crippen MR) is 76.4 cm³/mol. The van der Waals surface area contributed by atoms with Gasteiger partial charge in [0, 0.05) is 24.5 Å². The molecule has 1 atom stereocenters. The van der Waals surface area contributed by atoms with E-state index in [-0.39, 0.29) is 17.1 Å². The van der Waals surface area contributed by atoms with Crippen LogP contribution < -0.4 is 0 Å². The third-order valence-corrected chi connectivity index (χ3v) is 4.46. The summed E-state index contributed by atoms with van der Waals surface area (Å²) in [5.74, 6) is 0.314. The van der Waals surface area contributed by atoms with E-state index in [4.69, 9.17) is 0 Å². The summed E-state index contributed by atoms with van der Waals surface area (Å²) in [5, 5.41) is -0.0127. The molecule has 102 valence electrons. The van der Waals surface area contributed by atoms with Gasteiger partial charge in [0.25, 0.3) is 0 Å². The van der Waals surface area contributed by atoms with E-state index >= 15 is 0 Å². The van der Waals surface area contributed by atoms with E-state index in [1.165, 1.54) is 12.1 Å². The van der Waals surface area contributed by atoms with Crippen LogP contribution in [0.15, 0.2) is 48.8 Å². The molecule has 1 aliphatic rings. The van der Waals surface area contributed by atoms with Crippen LogP contribution in [0.25, 0.3) is 0 Å². The van der Waals surface area contributed by atoms with Gasteiger partial charge in [-0.15, -0.1) is 11.8 Å². The fraction of sp³-hybridized carbons (Fsp3) is 0.200. The van der Waals surface area contributed by atoms with Crippen molar-refractivity contribution in [1.82, 2.24) is 9.88 Å². The third kappa shape index (κ3) is 2.67. The highest BCUT2D eigenvalue weighted by molar-refractivity contribution is 8.00.